The quantitative estimate of drug-likeness (QED) is 0.186. The van der Waals surface area contributed by atoms with E-state index in [0.717, 1.165) is 73.3 Å². The fourth-order valence-electron chi connectivity index (χ4n) is 5.53. The van der Waals surface area contributed by atoms with Crippen LogP contribution in [-0.2, 0) is 6.54 Å². The van der Waals surface area contributed by atoms with Crippen LogP contribution in [0.4, 0.5) is 11.8 Å². The highest BCUT2D eigenvalue weighted by Gasteiger charge is 2.22. The first kappa shape index (κ1) is 29.1. The number of nitrogens with one attached hydrogen (secondary N) is 2. The van der Waals surface area contributed by atoms with E-state index in [2.05, 4.69) is 58.9 Å². The predicted octanol–water partition coefficient (Wildman–Crippen LogP) is 7.59. The van der Waals surface area contributed by atoms with Crippen LogP contribution in [0.1, 0.15) is 83.1 Å². The van der Waals surface area contributed by atoms with E-state index < -0.39 is 0 Å². The number of hydrogen-bond acceptors (Lipinski definition) is 6. The highest BCUT2D eigenvalue weighted by Crippen LogP contribution is 2.28. The van der Waals surface area contributed by atoms with Crippen LogP contribution < -0.4 is 20.3 Å². The molecule has 0 radical (unpaired) electrons. The van der Waals surface area contributed by atoms with E-state index in [1.54, 1.807) is 0 Å². The lowest BCUT2D eigenvalue weighted by Crippen LogP contribution is -2.31. The molecule has 0 aliphatic heterocycles. The van der Waals surface area contributed by atoms with Gasteiger partial charge in [0.05, 0.1) is 12.1 Å². The van der Waals surface area contributed by atoms with E-state index in [1.807, 2.05) is 26.2 Å². The van der Waals surface area contributed by atoms with Gasteiger partial charge < -0.3 is 20.3 Å². The molecule has 1 saturated carbocycles. The Hall–Kier alpha value is -2.86. The average molecular weight is 532 g/mol. The maximum Gasteiger partial charge on any atom is 0.225 e. The topological polar surface area (TPSA) is 62.3 Å². The van der Waals surface area contributed by atoms with Gasteiger partial charge in [-0.15, -0.1) is 0 Å². The van der Waals surface area contributed by atoms with Gasteiger partial charge in [0.1, 0.15) is 11.6 Å². The van der Waals surface area contributed by atoms with E-state index in [9.17, 15) is 0 Å². The van der Waals surface area contributed by atoms with Crippen molar-refractivity contribution in [2.75, 3.05) is 37.5 Å². The van der Waals surface area contributed by atoms with E-state index in [-0.39, 0.29) is 0 Å². The molecule has 1 fully saturated rings. The van der Waals surface area contributed by atoms with Crippen molar-refractivity contribution in [1.82, 2.24) is 15.3 Å². The van der Waals surface area contributed by atoms with Gasteiger partial charge in [0.25, 0.3) is 0 Å². The first-order chi connectivity index (χ1) is 19.1. The summed E-state index contributed by atoms with van der Waals surface area (Å²) in [6, 6.07) is 17.3. The minimum absolute atomic E-state index is 0.436. The number of nitrogens with zero attached hydrogens (tertiary/aromatic N) is 3. The van der Waals surface area contributed by atoms with Gasteiger partial charge >= 0.3 is 0 Å². The lowest BCUT2D eigenvalue weighted by Gasteiger charge is -2.29. The Balaban J connectivity index is 1.11. The Kier molecular flexibility index (Phi) is 11.7. The number of anilines is 2. The smallest absolute Gasteiger partial charge is 0.225 e. The van der Waals surface area contributed by atoms with Crippen LogP contribution in [0.5, 0.6) is 5.75 Å². The normalized spacial score (nSPS) is 17.3. The lowest BCUT2D eigenvalue weighted by molar-refractivity contribution is 0.304. The first-order valence-corrected chi connectivity index (χ1v) is 15.3. The molecular formula is C33H49N5O. The van der Waals surface area contributed by atoms with Gasteiger partial charge in [-0.05, 0) is 74.4 Å². The summed E-state index contributed by atoms with van der Waals surface area (Å²) in [5.74, 6) is 3.42. The zero-order valence-electron chi connectivity index (χ0n) is 24.4. The molecule has 0 atom stereocenters. The number of aromatic nitrogens is 2. The monoisotopic (exact) mass is 531 g/mol. The van der Waals surface area contributed by atoms with E-state index in [0.29, 0.717) is 6.04 Å². The molecule has 1 aromatic heterocycles. The van der Waals surface area contributed by atoms with Crippen molar-refractivity contribution in [2.45, 2.75) is 90.1 Å². The van der Waals surface area contributed by atoms with Crippen molar-refractivity contribution in [3.05, 3.63) is 54.1 Å². The highest BCUT2D eigenvalue weighted by molar-refractivity contribution is 5.90. The molecular weight excluding hydrogens is 482 g/mol. The summed E-state index contributed by atoms with van der Waals surface area (Å²) < 4.78 is 5.94. The molecule has 212 valence electrons. The molecule has 1 aliphatic carbocycles. The Morgan fingerprint density at radius 1 is 0.846 bits per heavy atom. The van der Waals surface area contributed by atoms with Crippen LogP contribution in [0.3, 0.4) is 0 Å². The Labute approximate surface area is 236 Å². The summed E-state index contributed by atoms with van der Waals surface area (Å²) in [5.41, 5.74) is 2.31. The summed E-state index contributed by atoms with van der Waals surface area (Å²) in [6.07, 6.45) is 14.0. The summed E-state index contributed by atoms with van der Waals surface area (Å²) in [4.78, 5) is 11.7. The maximum atomic E-state index is 5.94. The maximum absolute atomic E-state index is 5.94. The molecule has 0 bridgehead atoms. The zero-order chi connectivity index (χ0) is 27.3. The summed E-state index contributed by atoms with van der Waals surface area (Å²) in [7, 11) is 4.08. The van der Waals surface area contributed by atoms with Crippen LogP contribution in [0.25, 0.3) is 10.9 Å². The third-order valence-electron chi connectivity index (χ3n) is 7.89. The van der Waals surface area contributed by atoms with Crippen molar-refractivity contribution < 1.29 is 4.74 Å². The molecule has 0 spiro atoms. The summed E-state index contributed by atoms with van der Waals surface area (Å²) in [5, 5.41) is 8.40. The van der Waals surface area contributed by atoms with Crippen LogP contribution >= 0.6 is 0 Å². The van der Waals surface area contributed by atoms with Crippen LogP contribution in [0.2, 0.25) is 0 Å². The van der Waals surface area contributed by atoms with Gasteiger partial charge in [-0.2, -0.15) is 4.98 Å². The van der Waals surface area contributed by atoms with Crippen LogP contribution in [0.15, 0.2) is 48.5 Å². The lowest BCUT2D eigenvalue weighted by atomic mass is 9.86. The standard InChI is InChI=1S/C33H49N5O/c1-4-5-6-7-8-9-12-23-39-29-21-17-27(18-22-29)25-34-24-26-15-19-28(20-16-26)35-33-36-31-14-11-10-13-30(31)32(37-33)38(2)3/h10-11,13-14,17-18,21-22,26,28,34H,4-9,12,15-16,19-20,23-25H2,1-3H3,(H,35,36,37)/t26-,28+. The molecule has 1 heterocycles. The fourth-order valence-corrected chi connectivity index (χ4v) is 5.53. The van der Waals surface area contributed by atoms with Crippen LogP contribution in [-0.4, -0.2) is 43.3 Å². The molecule has 6 heteroatoms. The Morgan fingerprint density at radius 2 is 1.56 bits per heavy atom. The number of para-hydroxylation sites is 1. The molecule has 0 amide bonds. The third kappa shape index (κ3) is 9.38. The fraction of sp³-hybridized carbons (Fsp3) is 0.576. The second kappa shape index (κ2) is 15.7. The molecule has 2 N–H and O–H groups in total. The second-order valence-electron chi connectivity index (χ2n) is 11.4. The van der Waals surface area contributed by atoms with Gasteiger partial charge in [-0.25, -0.2) is 4.98 Å². The van der Waals surface area contributed by atoms with Crippen LogP contribution in [0, 0.1) is 5.92 Å². The molecule has 0 unspecified atom stereocenters. The van der Waals surface area contributed by atoms with E-state index in [1.165, 1.54) is 56.9 Å². The number of hydrogen-bond donors (Lipinski definition) is 2. The summed E-state index contributed by atoms with van der Waals surface area (Å²) in [6.45, 7) is 5.08. The number of benzene rings is 2. The van der Waals surface area contributed by atoms with Crippen molar-refractivity contribution in [1.29, 1.82) is 0 Å². The Morgan fingerprint density at radius 3 is 2.31 bits per heavy atom. The zero-order valence-corrected chi connectivity index (χ0v) is 24.4. The largest absolute Gasteiger partial charge is 0.494 e. The van der Waals surface area contributed by atoms with Crippen molar-refractivity contribution >= 4 is 22.7 Å². The molecule has 1 aliphatic rings. The van der Waals surface area contributed by atoms with Crippen molar-refractivity contribution in [3.8, 4) is 5.75 Å². The highest BCUT2D eigenvalue weighted by atomic mass is 16.5. The molecule has 39 heavy (non-hydrogen) atoms. The van der Waals surface area contributed by atoms with E-state index >= 15 is 0 Å². The minimum Gasteiger partial charge on any atom is -0.494 e. The van der Waals surface area contributed by atoms with E-state index in [4.69, 9.17) is 14.7 Å². The van der Waals surface area contributed by atoms with Gasteiger partial charge in [0, 0.05) is 32.1 Å². The molecule has 3 aromatic rings. The minimum atomic E-state index is 0.436. The number of rotatable bonds is 16. The SMILES string of the molecule is CCCCCCCCCOc1ccc(CNC[C@H]2CC[C@@H](Nc3nc(N(C)C)c4ccccc4n3)CC2)cc1. The number of ether oxygens (including phenoxy) is 1. The second-order valence-corrected chi connectivity index (χ2v) is 11.4. The van der Waals surface area contributed by atoms with Gasteiger partial charge in [-0.1, -0.05) is 69.7 Å². The molecule has 2 aromatic carbocycles. The molecule has 4 rings (SSSR count). The molecule has 0 saturated heterocycles. The Bertz CT molecular complexity index is 1110. The van der Waals surface area contributed by atoms with Crippen molar-refractivity contribution in [3.63, 3.8) is 0 Å². The first-order valence-electron chi connectivity index (χ1n) is 15.3. The average Bonchev–Trinajstić information content (AvgIpc) is 2.95. The third-order valence-corrected chi connectivity index (χ3v) is 7.89. The van der Waals surface area contributed by atoms with Crippen molar-refractivity contribution in [2.24, 2.45) is 5.92 Å². The number of unbranched alkanes of at least 4 members (excludes halogenated alkanes) is 6. The predicted molar refractivity (Wildman–Crippen MR) is 165 cm³/mol. The summed E-state index contributed by atoms with van der Waals surface area (Å²) >= 11 is 0. The van der Waals surface area contributed by atoms with Gasteiger partial charge in [0.15, 0.2) is 0 Å². The number of fused-ring (bicyclic) bond motifs is 1. The van der Waals surface area contributed by atoms with Gasteiger partial charge in [-0.3, -0.25) is 0 Å². The molecule has 6 nitrogen and oxygen atoms in total. The van der Waals surface area contributed by atoms with Gasteiger partial charge in [0.2, 0.25) is 5.95 Å².